The Kier molecular flexibility index (Phi) is 6.54. The van der Waals surface area contributed by atoms with E-state index in [0.29, 0.717) is 13.2 Å². The number of anilines is 1. The van der Waals surface area contributed by atoms with Crippen LogP contribution >= 0.6 is 11.3 Å². The Morgan fingerprint density at radius 3 is 2.87 bits per heavy atom. The molecule has 0 atom stereocenters. The normalized spacial score (nSPS) is 14.9. The van der Waals surface area contributed by atoms with E-state index in [2.05, 4.69) is 15.2 Å². The van der Waals surface area contributed by atoms with Crippen LogP contribution in [0.2, 0.25) is 0 Å². The lowest BCUT2D eigenvalue weighted by Crippen LogP contribution is -2.40. The molecule has 3 aromatic rings. The standard InChI is InChI=1S/C22H25FN4O2S/c1-29-13-3-10-24-20(28)15-8-11-27(12-9-15)22-26-19-7-6-18(25-21(19)30-22)16-4-2-5-17(23)14-16/h2,4-7,14-15H,3,8-13H2,1H3,(H,24,28). The number of carbonyl (C=O) groups is 1. The van der Waals surface area contributed by atoms with Gasteiger partial charge in [-0.05, 0) is 43.5 Å². The number of thiazole rings is 1. The monoisotopic (exact) mass is 428 g/mol. The number of piperidine rings is 1. The van der Waals surface area contributed by atoms with Crippen molar-refractivity contribution >= 4 is 32.7 Å². The Hall–Kier alpha value is -2.58. The Morgan fingerprint density at radius 1 is 1.27 bits per heavy atom. The van der Waals surface area contributed by atoms with Crippen LogP contribution in [-0.4, -0.2) is 49.2 Å². The fraction of sp³-hybridized carbons (Fsp3) is 0.409. The molecule has 0 aliphatic carbocycles. The highest BCUT2D eigenvalue weighted by molar-refractivity contribution is 7.21. The number of carbonyl (C=O) groups excluding carboxylic acids is 1. The van der Waals surface area contributed by atoms with Gasteiger partial charge in [0.1, 0.15) is 16.2 Å². The molecule has 1 aliphatic rings. The lowest BCUT2D eigenvalue weighted by molar-refractivity contribution is -0.125. The molecule has 0 saturated carbocycles. The van der Waals surface area contributed by atoms with E-state index in [1.165, 1.54) is 12.1 Å². The number of aromatic nitrogens is 2. The van der Waals surface area contributed by atoms with E-state index in [4.69, 9.17) is 9.72 Å². The van der Waals surface area contributed by atoms with E-state index >= 15 is 0 Å². The van der Waals surface area contributed by atoms with Crippen molar-refractivity contribution in [2.24, 2.45) is 5.92 Å². The molecule has 1 aliphatic heterocycles. The third kappa shape index (κ3) is 4.76. The van der Waals surface area contributed by atoms with Crippen LogP contribution in [0.25, 0.3) is 21.6 Å². The second-order valence-electron chi connectivity index (χ2n) is 7.43. The molecule has 1 aromatic carbocycles. The molecule has 2 aromatic heterocycles. The number of nitrogens with zero attached hydrogens (tertiary/aromatic N) is 3. The van der Waals surface area contributed by atoms with Gasteiger partial charge in [0.2, 0.25) is 5.91 Å². The summed E-state index contributed by atoms with van der Waals surface area (Å²) >= 11 is 1.54. The van der Waals surface area contributed by atoms with Crippen LogP contribution in [0, 0.1) is 11.7 Å². The first-order valence-corrected chi connectivity index (χ1v) is 11.0. The molecule has 30 heavy (non-hydrogen) atoms. The number of rotatable bonds is 7. The van der Waals surface area contributed by atoms with Crippen LogP contribution in [0.15, 0.2) is 36.4 Å². The summed E-state index contributed by atoms with van der Waals surface area (Å²) in [5.41, 5.74) is 2.33. The smallest absolute Gasteiger partial charge is 0.223 e. The van der Waals surface area contributed by atoms with Crippen LogP contribution in [0.4, 0.5) is 9.52 Å². The number of fused-ring (bicyclic) bond motifs is 1. The highest BCUT2D eigenvalue weighted by Crippen LogP contribution is 2.32. The quantitative estimate of drug-likeness (QED) is 0.579. The van der Waals surface area contributed by atoms with E-state index < -0.39 is 0 Å². The van der Waals surface area contributed by atoms with Crippen molar-refractivity contribution in [1.29, 1.82) is 0 Å². The van der Waals surface area contributed by atoms with E-state index in [-0.39, 0.29) is 17.6 Å². The van der Waals surface area contributed by atoms with Crippen LogP contribution in [0.3, 0.4) is 0 Å². The topological polar surface area (TPSA) is 67.3 Å². The van der Waals surface area contributed by atoms with Gasteiger partial charge >= 0.3 is 0 Å². The molecular formula is C22H25FN4O2S. The number of nitrogens with one attached hydrogen (secondary N) is 1. The second-order valence-corrected chi connectivity index (χ2v) is 8.38. The molecule has 158 valence electrons. The van der Waals surface area contributed by atoms with Gasteiger partial charge in [0, 0.05) is 44.8 Å². The number of ether oxygens (including phenoxy) is 1. The number of hydrogen-bond acceptors (Lipinski definition) is 6. The Labute approximate surface area is 179 Å². The van der Waals surface area contributed by atoms with Gasteiger partial charge in [-0.3, -0.25) is 4.79 Å². The summed E-state index contributed by atoms with van der Waals surface area (Å²) in [5.74, 6) is -0.0858. The zero-order valence-corrected chi connectivity index (χ0v) is 17.8. The summed E-state index contributed by atoms with van der Waals surface area (Å²) in [4.78, 5) is 24.8. The first-order chi connectivity index (χ1) is 14.6. The van der Waals surface area contributed by atoms with Gasteiger partial charge in [-0.2, -0.15) is 0 Å². The Morgan fingerprint density at radius 2 is 2.10 bits per heavy atom. The van der Waals surface area contributed by atoms with Gasteiger partial charge < -0.3 is 15.0 Å². The maximum atomic E-state index is 13.5. The van der Waals surface area contributed by atoms with Crippen molar-refractivity contribution in [1.82, 2.24) is 15.3 Å². The summed E-state index contributed by atoms with van der Waals surface area (Å²) in [6.07, 6.45) is 2.46. The summed E-state index contributed by atoms with van der Waals surface area (Å²) in [7, 11) is 1.66. The molecule has 0 radical (unpaired) electrons. The molecule has 0 bridgehead atoms. The molecule has 0 unspecified atom stereocenters. The van der Waals surface area contributed by atoms with Crippen LogP contribution < -0.4 is 10.2 Å². The largest absolute Gasteiger partial charge is 0.385 e. The van der Waals surface area contributed by atoms with Crippen molar-refractivity contribution < 1.29 is 13.9 Å². The van der Waals surface area contributed by atoms with E-state index in [0.717, 1.165) is 59.1 Å². The van der Waals surface area contributed by atoms with Gasteiger partial charge in [-0.1, -0.05) is 23.5 Å². The van der Waals surface area contributed by atoms with Crippen LogP contribution in [0.5, 0.6) is 0 Å². The maximum Gasteiger partial charge on any atom is 0.223 e. The molecule has 1 amide bonds. The molecule has 6 nitrogen and oxygen atoms in total. The molecular weight excluding hydrogens is 403 g/mol. The summed E-state index contributed by atoms with van der Waals surface area (Å²) in [6, 6.07) is 10.3. The minimum Gasteiger partial charge on any atom is -0.385 e. The third-order valence-electron chi connectivity index (χ3n) is 5.33. The second kappa shape index (κ2) is 9.49. The number of pyridine rings is 1. The molecule has 1 saturated heterocycles. The molecule has 1 fully saturated rings. The van der Waals surface area contributed by atoms with Crippen molar-refractivity contribution in [2.75, 3.05) is 38.3 Å². The maximum absolute atomic E-state index is 13.5. The fourth-order valence-electron chi connectivity index (χ4n) is 3.65. The summed E-state index contributed by atoms with van der Waals surface area (Å²) < 4.78 is 18.5. The highest BCUT2D eigenvalue weighted by atomic mass is 32.1. The molecule has 4 rings (SSSR count). The minimum atomic E-state index is -0.273. The predicted molar refractivity (Wildman–Crippen MR) is 117 cm³/mol. The number of hydrogen-bond donors (Lipinski definition) is 1. The van der Waals surface area contributed by atoms with Crippen LogP contribution in [0.1, 0.15) is 19.3 Å². The number of amides is 1. The van der Waals surface area contributed by atoms with E-state index in [9.17, 15) is 9.18 Å². The van der Waals surface area contributed by atoms with Gasteiger partial charge in [-0.15, -0.1) is 0 Å². The average Bonchev–Trinajstić information content (AvgIpc) is 3.20. The van der Waals surface area contributed by atoms with Crippen LogP contribution in [-0.2, 0) is 9.53 Å². The summed E-state index contributed by atoms with van der Waals surface area (Å²) in [6.45, 7) is 2.91. The number of benzene rings is 1. The molecule has 8 heteroatoms. The Balaban J connectivity index is 1.39. The molecule has 0 spiro atoms. The van der Waals surface area contributed by atoms with Gasteiger partial charge in [-0.25, -0.2) is 14.4 Å². The lowest BCUT2D eigenvalue weighted by atomic mass is 9.96. The van der Waals surface area contributed by atoms with Gasteiger partial charge in [0.15, 0.2) is 5.13 Å². The van der Waals surface area contributed by atoms with Crippen molar-refractivity contribution in [3.05, 3.63) is 42.2 Å². The minimum absolute atomic E-state index is 0.0517. The third-order valence-corrected chi connectivity index (χ3v) is 6.35. The SMILES string of the molecule is COCCCNC(=O)C1CCN(c2nc3ccc(-c4cccc(F)c4)nc3s2)CC1. The number of halogens is 1. The van der Waals surface area contributed by atoms with Gasteiger partial charge in [0.25, 0.3) is 0 Å². The Bertz CT molecular complexity index is 1020. The highest BCUT2D eigenvalue weighted by Gasteiger charge is 2.26. The lowest BCUT2D eigenvalue weighted by Gasteiger charge is -2.30. The first kappa shape index (κ1) is 20.7. The van der Waals surface area contributed by atoms with Crippen molar-refractivity contribution in [2.45, 2.75) is 19.3 Å². The number of methoxy groups -OCH3 is 1. The first-order valence-electron chi connectivity index (χ1n) is 10.2. The van der Waals surface area contributed by atoms with E-state index in [1.807, 2.05) is 18.2 Å². The summed E-state index contributed by atoms with van der Waals surface area (Å²) in [5, 5.41) is 3.93. The zero-order valence-electron chi connectivity index (χ0n) is 16.9. The average molecular weight is 429 g/mol. The predicted octanol–water partition coefficient (Wildman–Crippen LogP) is 3.87. The van der Waals surface area contributed by atoms with Crippen molar-refractivity contribution in [3.63, 3.8) is 0 Å². The molecule has 3 heterocycles. The zero-order chi connectivity index (χ0) is 20.9. The molecule has 1 N–H and O–H groups in total. The fourth-order valence-corrected chi connectivity index (χ4v) is 4.65. The van der Waals surface area contributed by atoms with Crippen molar-refractivity contribution in [3.8, 4) is 11.3 Å². The van der Waals surface area contributed by atoms with Gasteiger partial charge in [0.05, 0.1) is 5.69 Å². The van der Waals surface area contributed by atoms with E-state index in [1.54, 1.807) is 24.5 Å².